The second-order valence-electron chi connectivity index (χ2n) is 8.64. The van der Waals surface area contributed by atoms with E-state index in [1.54, 1.807) is 0 Å². The van der Waals surface area contributed by atoms with E-state index in [1.165, 1.54) is 11.1 Å². The molecule has 6 nitrogen and oxygen atoms in total. The Morgan fingerprint density at radius 3 is 2.68 bits per heavy atom. The van der Waals surface area contributed by atoms with Gasteiger partial charge in [-0.1, -0.05) is 29.4 Å². The standard InChI is InChI=1S/C22H30N4O2/c1-15-7-5-6-8-19(15)22-20-13-25(12-18-9-16(2)23-28-18)10-17(20)11-26(22)21(27)14-24(3)4/h5-9,17,20,22H,10-14H2,1-4H3/t17-,20-,22+/m1/s1. The molecule has 2 saturated heterocycles. The fourth-order valence-corrected chi connectivity index (χ4v) is 4.91. The lowest BCUT2D eigenvalue weighted by atomic mass is 9.87. The molecule has 0 unspecified atom stereocenters. The molecule has 0 radical (unpaired) electrons. The molecular weight excluding hydrogens is 352 g/mol. The number of aromatic nitrogens is 1. The lowest BCUT2D eigenvalue weighted by molar-refractivity contribution is -0.133. The first-order valence-electron chi connectivity index (χ1n) is 10.1. The number of carbonyl (C=O) groups is 1. The van der Waals surface area contributed by atoms with E-state index >= 15 is 0 Å². The van der Waals surface area contributed by atoms with Crippen LogP contribution < -0.4 is 0 Å². The van der Waals surface area contributed by atoms with Gasteiger partial charge in [-0.05, 0) is 45.0 Å². The zero-order chi connectivity index (χ0) is 19.8. The van der Waals surface area contributed by atoms with Crippen molar-refractivity contribution in [1.82, 2.24) is 19.9 Å². The van der Waals surface area contributed by atoms with Crippen molar-refractivity contribution in [1.29, 1.82) is 0 Å². The van der Waals surface area contributed by atoms with E-state index in [-0.39, 0.29) is 11.9 Å². The van der Waals surface area contributed by atoms with Crippen molar-refractivity contribution in [3.8, 4) is 0 Å². The number of nitrogens with zero attached hydrogens (tertiary/aromatic N) is 4. The predicted octanol–water partition coefficient (Wildman–Crippen LogP) is 2.48. The first kappa shape index (κ1) is 19.2. The number of rotatable bonds is 5. The van der Waals surface area contributed by atoms with Crippen LogP contribution in [0.3, 0.4) is 0 Å². The van der Waals surface area contributed by atoms with Crippen molar-refractivity contribution in [2.75, 3.05) is 40.3 Å². The van der Waals surface area contributed by atoms with Gasteiger partial charge in [0.25, 0.3) is 0 Å². The first-order chi connectivity index (χ1) is 13.4. The lowest BCUT2D eigenvalue weighted by Gasteiger charge is -2.31. The summed E-state index contributed by atoms with van der Waals surface area (Å²) >= 11 is 0. The number of likely N-dealkylation sites (N-methyl/N-ethyl adjacent to an activating group) is 1. The Morgan fingerprint density at radius 1 is 1.21 bits per heavy atom. The monoisotopic (exact) mass is 382 g/mol. The number of likely N-dealkylation sites (tertiary alicyclic amines) is 2. The molecule has 0 spiro atoms. The predicted molar refractivity (Wildman–Crippen MR) is 108 cm³/mol. The van der Waals surface area contributed by atoms with Gasteiger partial charge in [0.2, 0.25) is 5.91 Å². The highest BCUT2D eigenvalue weighted by atomic mass is 16.5. The van der Waals surface area contributed by atoms with E-state index in [1.807, 2.05) is 32.0 Å². The second kappa shape index (κ2) is 7.68. The van der Waals surface area contributed by atoms with Crippen LogP contribution in [-0.4, -0.2) is 66.0 Å². The highest BCUT2D eigenvalue weighted by molar-refractivity contribution is 5.79. The third kappa shape index (κ3) is 3.71. The Balaban J connectivity index is 1.57. The molecule has 1 aromatic carbocycles. The number of fused-ring (bicyclic) bond motifs is 1. The maximum absolute atomic E-state index is 13.0. The number of benzene rings is 1. The van der Waals surface area contributed by atoms with Gasteiger partial charge in [0.15, 0.2) is 5.76 Å². The number of hydrogen-bond donors (Lipinski definition) is 0. The molecule has 3 heterocycles. The summed E-state index contributed by atoms with van der Waals surface area (Å²) in [6.07, 6.45) is 0. The molecule has 2 fully saturated rings. The number of aryl methyl sites for hydroxylation is 2. The van der Waals surface area contributed by atoms with Crippen molar-refractivity contribution in [2.24, 2.45) is 11.8 Å². The van der Waals surface area contributed by atoms with Crippen LogP contribution >= 0.6 is 0 Å². The highest BCUT2D eigenvalue weighted by Gasteiger charge is 2.49. The summed E-state index contributed by atoms with van der Waals surface area (Å²) in [5, 5.41) is 4.01. The van der Waals surface area contributed by atoms with Gasteiger partial charge in [-0.3, -0.25) is 9.69 Å². The van der Waals surface area contributed by atoms with Gasteiger partial charge in [0, 0.05) is 31.6 Å². The van der Waals surface area contributed by atoms with Crippen molar-refractivity contribution in [2.45, 2.75) is 26.4 Å². The summed E-state index contributed by atoms with van der Waals surface area (Å²) in [5.41, 5.74) is 3.48. The van der Waals surface area contributed by atoms with Crippen LogP contribution in [0.1, 0.15) is 28.6 Å². The zero-order valence-electron chi connectivity index (χ0n) is 17.3. The molecule has 0 aliphatic carbocycles. The van der Waals surface area contributed by atoms with Gasteiger partial charge in [-0.25, -0.2) is 0 Å². The molecule has 6 heteroatoms. The van der Waals surface area contributed by atoms with E-state index in [9.17, 15) is 4.79 Å². The largest absolute Gasteiger partial charge is 0.360 e. The summed E-state index contributed by atoms with van der Waals surface area (Å²) in [6.45, 7) is 8.17. The maximum Gasteiger partial charge on any atom is 0.237 e. The average Bonchev–Trinajstić information content (AvgIpc) is 3.29. The fourth-order valence-electron chi connectivity index (χ4n) is 4.91. The smallest absolute Gasteiger partial charge is 0.237 e. The molecule has 0 saturated carbocycles. The average molecular weight is 383 g/mol. The second-order valence-corrected chi connectivity index (χ2v) is 8.64. The quantitative estimate of drug-likeness (QED) is 0.795. The van der Waals surface area contributed by atoms with E-state index in [2.05, 4.69) is 46.1 Å². The zero-order valence-corrected chi connectivity index (χ0v) is 17.3. The Morgan fingerprint density at radius 2 is 2.00 bits per heavy atom. The van der Waals surface area contributed by atoms with Crippen molar-refractivity contribution >= 4 is 5.91 Å². The molecule has 2 aromatic rings. The summed E-state index contributed by atoms with van der Waals surface area (Å²) in [7, 11) is 3.91. The Labute approximate surface area is 167 Å². The van der Waals surface area contributed by atoms with Crippen LogP contribution in [0.5, 0.6) is 0 Å². The van der Waals surface area contributed by atoms with Crippen molar-refractivity contribution in [3.05, 3.63) is 52.9 Å². The van der Waals surface area contributed by atoms with Gasteiger partial charge >= 0.3 is 0 Å². The van der Waals surface area contributed by atoms with Crippen LogP contribution in [0, 0.1) is 25.7 Å². The molecule has 150 valence electrons. The molecule has 0 bridgehead atoms. The molecule has 0 N–H and O–H groups in total. The number of carbonyl (C=O) groups excluding carboxylic acids is 1. The summed E-state index contributed by atoms with van der Waals surface area (Å²) in [4.78, 5) is 19.6. The van der Waals surface area contributed by atoms with Gasteiger partial charge < -0.3 is 14.3 Å². The summed E-state index contributed by atoms with van der Waals surface area (Å²) in [5.74, 6) is 2.10. The van der Waals surface area contributed by atoms with Crippen LogP contribution in [0.25, 0.3) is 0 Å². The lowest BCUT2D eigenvalue weighted by Crippen LogP contribution is -2.40. The topological polar surface area (TPSA) is 52.8 Å². The summed E-state index contributed by atoms with van der Waals surface area (Å²) < 4.78 is 5.42. The van der Waals surface area contributed by atoms with Crippen LogP contribution in [0.4, 0.5) is 0 Å². The minimum Gasteiger partial charge on any atom is -0.360 e. The normalized spacial score (nSPS) is 24.9. The minimum atomic E-state index is 0.153. The number of amides is 1. The fraction of sp³-hybridized carbons (Fsp3) is 0.545. The van der Waals surface area contributed by atoms with Gasteiger partial charge in [-0.15, -0.1) is 0 Å². The van der Waals surface area contributed by atoms with Crippen LogP contribution in [-0.2, 0) is 11.3 Å². The summed E-state index contributed by atoms with van der Waals surface area (Å²) in [6, 6.07) is 10.7. The molecule has 28 heavy (non-hydrogen) atoms. The van der Waals surface area contributed by atoms with Gasteiger partial charge in [-0.2, -0.15) is 0 Å². The van der Waals surface area contributed by atoms with Crippen molar-refractivity contribution < 1.29 is 9.32 Å². The van der Waals surface area contributed by atoms with Crippen LogP contribution in [0.2, 0.25) is 0 Å². The molecule has 4 rings (SSSR count). The SMILES string of the molecule is Cc1cc(CN2C[C@@H]3CN(C(=O)CN(C)C)[C@@H](c4ccccc4C)[C@@H]3C2)on1. The highest BCUT2D eigenvalue weighted by Crippen LogP contribution is 2.46. The third-order valence-corrected chi connectivity index (χ3v) is 6.07. The Bertz CT molecular complexity index is 847. The van der Waals surface area contributed by atoms with E-state index in [4.69, 9.17) is 4.52 Å². The van der Waals surface area contributed by atoms with E-state index < -0.39 is 0 Å². The molecule has 2 aliphatic rings. The minimum absolute atomic E-state index is 0.153. The van der Waals surface area contributed by atoms with E-state index in [0.717, 1.165) is 37.6 Å². The van der Waals surface area contributed by atoms with Crippen LogP contribution in [0.15, 0.2) is 34.9 Å². The van der Waals surface area contributed by atoms with Crippen molar-refractivity contribution in [3.63, 3.8) is 0 Å². The number of hydrogen-bond acceptors (Lipinski definition) is 5. The molecule has 1 aromatic heterocycles. The molecule has 3 atom stereocenters. The third-order valence-electron chi connectivity index (χ3n) is 6.07. The van der Waals surface area contributed by atoms with E-state index in [0.29, 0.717) is 18.4 Å². The van der Waals surface area contributed by atoms with Gasteiger partial charge in [0.05, 0.1) is 24.8 Å². The Hall–Kier alpha value is -2.18. The molecule has 1 amide bonds. The van der Waals surface area contributed by atoms with Gasteiger partial charge in [0.1, 0.15) is 0 Å². The molecule has 2 aliphatic heterocycles. The maximum atomic E-state index is 13.0. The Kier molecular flexibility index (Phi) is 5.25. The molecular formula is C22H30N4O2. The first-order valence-corrected chi connectivity index (χ1v) is 10.1.